The Hall–Kier alpha value is -1.68. The molecular weight excluding hydrogens is 260 g/mol. The molecule has 1 aromatic carbocycles. The number of aromatic nitrogens is 3. The van der Waals surface area contributed by atoms with Crippen LogP contribution >= 0.6 is 0 Å². The Balaban J connectivity index is 1.80. The summed E-state index contributed by atoms with van der Waals surface area (Å²) in [5, 5.41) is 7.87. The molecule has 1 unspecified atom stereocenters. The number of aryl methyl sites for hydroxylation is 1. The van der Waals surface area contributed by atoms with Crippen LogP contribution in [0.3, 0.4) is 0 Å². The van der Waals surface area contributed by atoms with Crippen LogP contribution in [0.4, 0.5) is 0 Å². The molecule has 2 rings (SSSR count). The predicted octanol–water partition coefficient (Wildman–Crippen LogP) is 2.70. The van der Waals surface area contributed by atoms with Crippen molar-refractivity contribution in [3.05, 3.63) is 48.0 Å². The van der Waals surface area contributed by atoms with Crippen molar-refractivity contribution in [1.29, 1.82) is 0 Å². The minimum atomic E-state index is 0.178. The molecule has 4 nitrogen and oxygen atoms in total. The zero-order valence-corrected chi connectivity index (χ0v) is 13.5. The van der Waals surface area contributed by atoms with Gasteiger partial charge in [0.1, 0.15) is 6.33 Å². The third-order valence-corrected chi connectivity index (χ3v) is 3.86. The first-order valence-corrected chi connectivity index (χ1v) is 7.61. The Morgan fingerprint density at radius 2 is 1.95 bits per heavy atom. The molecule has 0 aliphatic heterocycles. The molecule has 0 radical (unpaired) electrons. The fourth-order valence-corrected chi connectivity index (χ4v) is 2.77. The van der Waals surface area contributed by atoms with E-state index in [1.54, 1.807) is 11.0 Å². The van der Waals surface area contributed by atoms with Crippen LogP contribution in [0.25, 0.3) is 0 Å². The van der Waals surface area contributed by atoms with Gasteiger partial charge in [0.25, 0.3) is 0 Å². The molecule has 1 N–H and O–H groups in total. The SMILES string of the molecule is CC(CC(C)(C)c1ccccc1)NCCc1ncn(C)n1. The van der Waals surface area contributed by atoms with E-state index in [4.69, 9.17) is 0 Å². The van der Waals surface area contributed by atoms with Gasteiger partial charge in [-0.1, -0.05) is 44.2 Å². The van der Waals surface area contributed by atoms with Crippen molar-refractivity contribution in [3.63, 3.8) is 0 Å². The number of nitrogens with zero attached hydrogens (tertiary/aromatic N) is 3. The maximum atomic E-state index is 4.30. The van der Waals surface area contributed by atoms with Crippen LogP contribution in [0.15, 0.2) is 36.7 Å². The van der Waals surface area contributed by atoms with Crippen LogP contribution in [0, 0.1) is 0 Å². The highest BCUT2D eigenvalue weighted by Gasteiger charge is 2.22. The van der Waals surface area contributed by atoms with Gasteiger partial charge in [-0.05, 0) is 24.3 Å². The molecule has 0 amide bonds. The van der Waals surface area contributed by atoms with E-state index in [0.717, 1.165) is 25.2 Å². The molecule has 0 saturated heterocycles. The van der Waals surface area contributed by atoms with Gasteiger partial charge in [0, 0.05) is 26.1 Å². The standard InChI is InChI=1S/C17H26N4/c1-14(18-11-10-16-19-13-21(4)20-16)12-17(2,3)15-8-6-5-7-9-15/h5-9,13-14,18H,10-12H2,1-4H3. The van der Waals surface area contributed by atoms with Gasteiger partial charge in [-0.25, -0.2) is 4.98 Å². The summed E-state index contributed by atoms with van der Waals surface area (Å²) in [6, 6.07) is 11.2. The maximum Gasteiger partial charge on any atom is 0.151 e. The molecule has 0 aliphatic carbocycles. The summed E-state index contributed by atoms with van der Waals surface area (Å²) in [6.45, 7) is 7.77. The highest BCUT2D eigenvalue weighted by atomic mass is 15.3. The average molecular weight is 286 g/mol. The van der Waals surface area contributed by atoms with Crippen molar-refractivity contribution in [1.82, 2.24) is 20.1 Å². The molecule has 0 fully saturated rings. The van der Waals surface area contributed by atoms with E-state index in [0.29, 0.717) is 6.04 Å². The lowest BCUT2D eigenvalue weighted by Crippen LogP contribution is -2.34. The van der Waals surface area contributed by atoms with Crippen molar-refractivity contribution in [2.45, 2.75) is 45.1 Å². The summed E-state index contributed by atoms with van der Waals surface area (Å²) in [5.74, 6) is 0.902. The molecule has 114 valence electrons. The summed E-state index contributed by atoms with van der Waals surface area (Å²) in [4.78, 5) is 4.25. The molecule has 0 spiro atoms. The first kappa shape index (κ1) is 15.7. The van der Waals surface area contributed by atoms with Gasteiger partial charge in [0.15, 0.2) is 5.82 Å². The summed E-state index contributed by atoms with van der Waals surface area (Å²) in [5.41, 5.74) is 1.57. The van der Waals surface area contributed by atoms with E-state index in [-0.39, 0.29) is 5.41 Å². The molecule has 1 aromatic heterocycles. The molecular formula is C17H26N4. The molecule has 0 bridgehead atoms. The van der Waals surface area contributed by atoms with Crippen LogP contribution in [-0.4, -0.2) is 27.4 Å². The number of rotatable bonds is 7. The fraction of sp³-hybridized carbons (Fsp3) is 0.529. The second-order valence-electron chi connectivity index (χ2n) is 6.39. The summed E-state index contributed by atoms with van der Waals surface area (Å²) >= 11 is 0. The van der Waals surface area contributed by atoms with Gasteiger partial charge in [-0.15, -0.1) is 0 Å². The van der Waals surface area contributed by atoms with Gasteiger partial charge < -0.3 is 5.32 Å². The lowest BCUT2D eigenvalue weighted by molar-refractivity contribution is 0.390. The van der Waals surface area contributed by atoms with E-state index in [1.807, 2.05) is 7.05 Å². The first-order chi connectivity index (χ1) is 9.97. The normalized spacial score (nSPS) is 13.3. The van der Waals surface area contributed by atoms with E-state index in [9.17, 15) is 0 Å². The Morgan fingerprint density at radius 1 is 1.24 bits per heavy atom. The van der Waals surface area contributed by atoms with Gasteiger partial charge >= 0.3 is 0 Å². The van der Waals surface area contributed by atoms with Gasteiger partial charge in [0.2, 0.25) is 0 Å². The molecule has 0 saturated carbocycles. The van der Waals surface area contributed by atoms with E-state index < -0.39 is 0 Å². The Bertz CT molecular complexity index is 545. The molecule has 2 aromatic rings. The van der Waals surface area contributed by atoms with Gasteiger partial charge in [-0.2, -0.15) is 5.10 Å². The minimum Gasteiger partial charge on any atom is -0.314 e. The quantitative estimate of drug-likeness (QED) is 0.851. The number of hydrogen-bond donors (Lipinski definition) is 1. The molecule has 4 heteroatoms. The Morgan fingerprint density at radius 3 is 2.57 bits per heavy atom. The highest BCUT2D eigenvalue weighted by Crippen LogP contribution is 2.27. The van der Waals surface area contributed by atoms with Crippen molar-refractivity contribution >= 4 is 0 Å². The van der Waals surface area contributed by atoms with Gasteiger partial charge in [0.05, 0.1) is 0 Å². The highest BCUT2D eigenvalue weighted by molar-refractivity contribution is 5.23. The smallest absolute Gasteiger partial charge is 0.151 e. The molecule has 1 atom stereocenters. The lowest BCUT2D eigenvalue weighted by Gasteiger charge is -2.29. The average Bonchev–Trinajstić information content (AvgIpc) is 2.85. The Labute approximate surface area is 127 Å². The largest absolute Gasteiger partial charge is 0.314 e. The molecule has 1 heterocycles. The lowest BCUT2D eigenvalue weighted by atomic mass is 9.79. The molecule has 0 aliphatic rings. The summed E-state index contributed by atoms with van der Waals surface area (Å²) < 4.78 is 1.75. The second-order valence-corrected chi connectivity index (χ2v) is 6.39. The third-order valence-electron chi connectivity index (χ3n) is 3.86. The monoisotopic (exact) mass is 286 g/mol. The van der Waals surface area contributed by atoms with Crippen molar-refractivity contribution in [2.75, 3.05) is 6.54 Å². The zero-order chi connectivity index (χ0) is 15.3. The predicted molar refractivity (Wildman–Crippen MR) is 86.3 cm³/mol. The van der Waals surface area contributed by atoms with Crippen LogP contribution in [-0.2, 0) is 18.9 Å². The van der Waals surface area contributed by atoms with Crippen LogP contribution in [0.5, 0.6) is 0 Å². The zero-order valence-electron chi connectivity index (χ0n) is 13.5. The van der Waals surface area contributed by atoms with E-state index in [1.165, 1.54) is 5.56 Å². The number of benzene rings is 1. The van der Waals surface area contributed by atoms with Gasteiger partial charge in [-0.3, -0.25) is 4.68 Å². The number of nitrogens with one attached hydrogen (secondary N) is 1. The van der Waals surface area contributed by atoms with E-state index >= 15 is 0 Å². The first-order valence-electron chi connectivity index (χ1n) is 7.61. The fourth-order valence-electron chi connectivity index (χ4n) is 2.77. The Kier molecular flexibility index (Phi) is 5.12. The second kappa shape index (κ2) is 6.85. The van der Waals surface area contributed by atoms with Crippen molar-refractivity contribution < 1.29 is 0 Å². The van der Waals surface area contributed by atoms with E-state index in [2.05, 4.69) is 66.5 Å². The summed E-state index contributed by atoms with van der Waals surface area (Å²) in [7, 11) is 1.90. The topological polar surface area (TPSA) is 42.7 Å². The third kappa shape index (κ3) is 4.67. The van der Waals surface area contributed by atoms with Crippen molar-refractivity contribution in [3.8, 4) is 0 Å². The van der Waals surface area contributed by atoms with Crippen LogP contribution in [0.1, 0.15) is 38.6 Å². The van der Waals surface area contributed by atoms with Crippen LogP contribution < -0.4 is 5.32 Å². The molecule has 21 heavy (non-hydrogen) atoms. The van der Waals surface area contributed by atoms with Crippen molar-refractivity contribution in [2.24, 2.45) is 7.05 Å². The number of hydrogen-bond acceptors (Lipinski definition) is 3. The summed E-state index contributed by atoms with van der Waals surface area (Å²) in [6.07, 6.45) is 3.72. The maximum absolute atomic E-state index is 4.30. The van der Waals surface area contributed by atoms with Crippen LogP contribution in [0.2, 0.25) is 0 Å². The minimum absolute atomic E-state index is 0.178.